The topological polar surface area (TPSA) is 50.7 Å². The maximum atomic E-state index is 4.42. The lowest BCUT2D eigenvalue weighted by atomic mass is 10.1. The van der Waals surface area contributed by atoms with Crippen LogP contribution in [-0.4, -0.2) is 15.0 Å². The van der Waals surface area contributed by atoms with Gasteiger partial charge >= 0.3 is 0 Å². The largest absolute Gasteiger partial charge is 0.340 e. The molecule has 4 nitrogen and oxygen atoms in total. The molecule has 0 aliphatic carbocycles. The molecule has 1 aromatic carbocycles. The highest BCUT2D eigenvalue weighted by molar-refractivity contribution is 7.18. The predicted molar refractivity (Wildman–Crippen MR) is 104 cm³/mol. The Balaban J connectivity index is 1.54. The summed E-state index contributed by atoms with van der Waals surface area (Å²) in [5, 5.41) is 4.51. The van der Waals surface area contributed by atoms with Crippen LogP contribution in [0.25, 0.3) is 10.2 Å². The van der Waals surface area contributed by atoms with Crippen molar-refractivity contribution in [1.82, 2.24) is 15.0 Å². The van der Waals surface area contributed by atoms with Crippen LogP contribution in [0, 0.1) is 0 Å². The first kappa shape index (κ1) is 15.7. The number of fused-ring (bicyclic) bond motifs is 1. The van der Waals surface area contributed by atoms with Crippen molar-refractivity contribution in [2.24, 2.45) is 0 Å². The van der Waals surface area contributed by atoms with E-state index in [0.717, 1.165) is 34.6 Å². The van der Waals surface area contributed by atoms with E-state index in [1.54, 1.807) is 17.7 Å². The molecule has 0 saturated heterocycles. The first-order valence-electron chi connectivity index (χ1n) is 8.30. The lowest BCUT2D eigenvalue weighted by Gasteiger charge is -2.08. The lowest BCUT2D eigenvalue weighted by molar-refractivity contribution is 1.16. The van der Waals surface area contributed by atoms with Crippen molar-refractivity contribution >= 4 is 33.1 Å². The SMILES string of the molecule is CCc1cc2c(Nc3ccc(Cc4ccncc4)cc3)ncnc2s1. The van der Waals surface area contributed by atoms with Gasteiger partial charge in [-0.1, -0.05) is 19.1 Å². The lowest BCUT2D eigenvalue weighted by Crippen LogP contribution is -1.95. The molecule has 0 saturated carbocycles. The summed E-state index contributed by atoms with van der Waals surface area (Å²) in [6, 6.07) is 14.8. The zero-order valence-corrected chi connectivity index (χ0v) is 14.8. The molecule has 3 heterocycles. The Bertz CT molecular complexity index is 978. The van der Waals surface area contributed by atoms with Crippen molar-refractivity contribution in [3.8, 4) is 0 Å². The minimum Gasteiger partial charge on any atom is -0.340 e. The zero-order valence-electron chi connectivity index (χ0n) is 13.9. The minimum absolute atomic E-state index is 0.864. The van der Waals surface area contributed by atoms with E-state index in [2.05, 4.69) is 57.5 Å². The van der Waals surface area contributed by atoms with Crippen LogP contribution in [0.5, 0.6) is 0 Å². The molecule has 0 bridgehead atoms. The van der Waals surface area contributed by atoms with Crippen LogP contribution in [0.15, 0.2) is 61.2 Å². The highest BCUT2D eigenvalue weighted by atomic mass is 32.1. The number of benzene rings is 1. The first-order chi connectivity index (χ1) is 12.3. The van der Waals surface area contributed by atoms with Crippen molar-refractivity contribution in [1.29, 1.82) is 0 Å². The number of nitrogens with one attached hydrogen (secondary N) is 1. The fourth-order valence-electron chi connectivity index (χ4n) is 2.76. The molecule has 1 N–H and O–H groups in total. The molecule has 0 unspecified atom stereocenters. The smallest absolute Gasteiger partial charge is 0.142 e. The van der Waals surface area contributed by atoms with Gasteiger partial charge in [-0.25, -0.2) is 9.97 Å². The molecule has 3 aromatic heterocycles. The fourth-order valence-corrected chi connectivity index (χ4v) is 3.69. The highest BCUT2D eigenvalue weighted by Gasteiger charge is 2.08. The van der Waals surface area contributed by atoms with E-state index >= 15 is 0 Å². The molecule has 0 aliphatic heterocycles. The summed E-state index contributed by atoms with van der Waals surface area (Å²) in [5.41, 5.74) is 3.56. The van der Waals surface area contributed by atoms with Crippen LogP contribution in [-0.2, 0) is 12.8 Å². The quantitative estimate of drug-likeness (QED) is 0.553. The number of nitrogens with zero attached hydrogens (tertiary/aromatic N) is 3. The van der Waals surface area contributed by atoms with E-state index in [9.17, 15) is 0 Å². The molecular weight excluding hydrogens is 328 g/mol. The van der Waals surface area contributed by atoms with Crippen molar-refractivity contribution in [3.05, 3.63) is 77.2 Å². The van der Waals surface area contributed by atoms with Crippen LogP contribution in [0.1, 0.15) is 22.9 Å². The maximum absolute atomic E-state index is 4.42. The van der Waals surface area contributed by atoms with Gasteiger partial charge in [0.1, 0.15) is 17.0 Å². The summed E-state index contributed by atoms with van der Waals surface area (Å²) in [5.74, 6) is 0.864. The molecule has 4 rings (SSSR count). The van der Waals surface area contributed by atoms with Gasteiger partial charge in [0.05, 0.1) is 5.39 Å². The van der Waals surface area contributed by atoms with Gasteiger partial charge in [0.15, 0.2) is 0 Å². The summed E-state index contributed by atoms with van der Waals surface area (Å²) in [6.45, 7) is 2.16. The molecule has 124 valence electrons. The molecule has 25 heavy (non-hydrogen) atoms. The Labute approximate surface area is 150 Å². The number of thiophene rings is 1. The highest BCUT2D eigenvalue weighted by Crippen LogP contribution is 2.30. The average molecular weight is 346 g/mol. The van der Waals surface area contributed by atoms with Crippen molar-refractivity contribution in [2.75, 3.05) is 5.32 Å². The van der Waals surface area contributed by atoms with Crippen LogP contribution in [0.2, 0.25) is 0 Å². The number of anilines is 2. The van der Waals surface area contributed by atoms with Gasteiger partial charge in [-0.3, -0.25) is 4.98 Å². The van der Waals surface area contributed by atoms with Gasteiger partial charge in [-0.15, -0.1) is 11.3 Å². The zero-order chi connectivity index (χ0) is 17.1. The molecule has 5 heteroatoms. The Kier molecular flexibility index (Phi) is 4.39. The van der Waals surface area contributed by atoms with E-state index in [-0.39, 0.29) is 0 Å². The monoisotopic (exact) mass is 346 g/mol. The molecule has 0 spiro atoms. The van der Waals surface area contributed by atoms with Crippen LogP contribution in [0.3, 0.4) is 0 Å². The third-order valence-electron chi connectivity index (χ3n) is 4.10. The van der Waals surface area contributed by atoms with E-state index in [1.165, 1.54) is 16.0 Å². The molecule has 0 fully saturated rings. The first-order valence-corrected chi connectivity index (χ1v) is 9.12. The molecule has 0 radical (unpaired) electrons. The number of rotatable bonds is 5. The predicted octanol–water partition coefficient (Wildman–Crippen LogP) is 4.98. The second kappa shape index (κ2) is 6.99. The van der Waals surface area contributed by atoms with Gasteiger partial charge in [-0.2, -0.15) is 0 Å². The van der Waals surface area contributed by atoms with E-state index in [4.69, 9.17) is 0 Å². The van der Waals surface area contributed by atoms with E-state index < -0.39 is 0 Å². The molecular formula is C20H18N4S. The summed E-state index contributed by atoms with van der Waals surface area (Å²) in [6.07, 6.45) is 7.21. The number of pyridine rings is 1. The molecule has 4 aromatic rings. The molecule has 0 aliphatic rings. The summed E-state index contributed by atoms with van der Waals surface area (Å²) >= 11 is 1.73. The standard InChI is InChI=1S/C20H18N4S/c1-2-17-12-18-19(22-13-23-20(18)25-17)24-16-5-3-14(4-6-16)11-15-7-9-21-10-8-15/h3-10,12-13H,2,11H2,1H3,(H,22,23,24). The third kappa shape index (κ3) is 3.51. The van der Waals surface area contributed by atoms with Crippen LogP contribution in [0.4, 0.5) is 11.5 Å². The summed E-state index contributed by atoms with van der Waals surface area (Å²) in [7, 11) is 0. The van der Waals surface area contributed by atoms with Gasteiger partial charge in [-0.05, 0) is 54.3 Å². The average Bonchev–Trinajstić information content (AvgIpc) is 3.09. The second-order valence-corrected chi connectivity index (χ2v) is 6.98. The van der Waals surface area contributed by atoms with Gasteiger partial charge in [0.25, 0.3) is 0 Å². The van der Waals surface area contributed by atoms with Gasteiger partial charge in [0.2, 0.25) is 0 Å². The van der Waals surface area contributed by atoms with Crippen LogP contribution >= 0.6 is 11.3 Å². The summed E-state index contributed by atoms with van der Waals surface area (Å²) < 4.78 is 0. The number of hydrogen-bond donors (Lipinski definition) is 1. The van der Waals surface area contributed by atoms with Crippen molar-refractivity contribution in [3.63, 3.8) is 0 Å². The van der Waals surface area contributed by atoms with E-state index in [0.29, 0.717) is 0 Å². The summed E-state index contributed by atoms with van der Waals surface area (Å²) in [4.78, 5) is 15.2. The second-order valence-electron chi connectivity index (χ2n) is 5.86. The number of aromatic nitrogens is 3. The van der Waals surface area contributed by atoms with Gasteiger partial charge in [0, 0.05) is 23.0 Å². The number of hydrogen-bond acceptors (Lipinski definition) is 5. The molecule has 0 amide bonds. The fraction of sp³-hybridized carbons (Fsp3) is 0.150. The van der Waals surface area contributed by atoms with Gasteiger partial charge < -0.3 is 5.32 Å². The van der Waals surface area contributed by atoms with Crippen molar-refractivity contribution < 1.29 is 0 Å². The van der Waals surface area contributed by atoms with E-state index in [1.807, 2.05) is 24.5 Å². The Morgan fingerprint density at radius 2 is 1.72 bits per heavy atom. The minimum atomic E-state index is 0.864. The Morgan fingerprint density at radius 1 is 0.960 bits per heavy atom. The molecule has 0 atom stereocenters. The normalized spacial score (nSPS) is 10.9. The Hall–Kier alpha value is -2.79. The third-order valence-corrected chi connectivity index (χ3v) is 5.29. The Morgan fingerprint density at radius 3 is 2.48 bits per heavy atom. The van der Waals surface area contributed by atoms with Crippen molar-refractivity contribution in [2.45, 2.75) is 19.8 Å². The van der Waals surface area contributed by atoms with Crippen LogP contribution < -0.4 is 5.32 Å². The number of aryl methyl sites for hydroxylation is 1. The maximum Gasteiger partial charge on any atom is 0.142 e.